The van der Waals surface area contributed by atoms with Gasteiger partial charge in [-0.25, -0.2) is 0 Å². The van der Waals surface area contributed by atoms with Crippen molar-refractivity contribution in [3.05, 3.63) is 61.5 Å². The van der Waals surface area contributed by atoms with Crippen molar-refractivity contribution < 1.29 is 14.4 Å². The maximum absolute atomic E-state index is 13.0. The molecule has 0 saturated heterocycles. The van der Waals surface area contributed by atoms with Crippen molar-refractivity contribution in [3.8, 4) is 0 Å². The fourth-order valence-corrected chi connectivity index (χ4v) is 4.22. The van der Waals surface area contributed by atoms with Gasteiger partial charge in [0.15, 0.2) is 6.04 Å². The zero-order valence-corrected chi connectivity index (χ0v) is 17.1. The smallest absolute Gasteiger partial charge is 0.270 e. The van der Waals surface area contributed by atoms with Crippen LogP contribution in [0.3, 0.4) is 0 Å². The van der Waals surface area contributed by atoms with Gasteiger partial charge < -0.3 is 0 Å². The number of hydrazone groups is 1. The Bertz CT molecular complexity index is 1050. The average Bonchev–Trinajstić information content (AvgIpc) is 3.11. The van der Waals surface area contributed by atoms with Crippen LogP contribution in [-0.2, 0) is 4.79 Å². The van der Waals surface area contributed by atoms with E-state index in [0.29, 0.717) is 5.69 Å². The monoisotopic (exact) mass is 455 g/mol. The van der Waals surface area contributed by atoms with Crippen LogP contribution in [0.25, 0.3) is 0 Å². The Kier molecular flexibility index (Phi) is 4.62. The molecule has 28 heavy (non-hydrogen) atoms. The van der Waals surface area contributed by atoms with E-state index in [4.69, 9.17) is 46.4 Å². The van der Waals surface area contributed by atoms with E-state index in [2.05, 4.69) is 5.10 Å². The number of amides is 3. The Labute approximate surface area is 179 Å². The summed E-state index contributed by atoms with van der Waals surface area (Å²) in [4.78, 5) is 39.8. The number of para-hydroxylation sites is 1. The molecular formula is C18H9Cl4N3O3. The molecule has 142 valence electrons. The summed E-state index contributed by atoms with van der Waals surface area (Å²) in [6.07, 6.45) is 0. The summed E-state index contributed by atoms with van der Waals surface area (Å²) in [7, 11) is 0. The van der Waals surface area contributed by atoms with Crippen molar-refractivity contribution in [2.24, 2.45) is 5.10 Å². The second-order valence-electron chi connectivity index (χ2n) is 6.12. The standard InChI is InChI=1S/C18H9Cl4N3O3/c1-7-15(18(28)25(23-7)8-5-3-2-4-6-8)24-16(26)9-10(17(24)27)12(20)14(22)13(21)11(9)19/h2-6,15H,1H3. The lowest BCUT2D eigenvalue weighted by molar-refractivity contribution is -0.119. The van der Waals surface area contributed by atoms with Crippen LogP contribution in [0.2, 0.25) is 20.1 Å². The minimum atomic E-state index is -1.22. The van der Waals surface area contributed by atoms with Gasteiger partial charge in [0.2, 0.25) is 0 Å². The van der Waals surface area contributed by atoms with Crippen molar-refractivity contribution in [2.75, 3.05) is 5.01 Å². The first kappa shape index (κ1) is 19.2. The Morgan fingerprint density at radius 2 is 1.32 bits per heavy atom. The van der Waals surface area contributed by atoms with E-state index in [1.165, 1.54) is 0 Å². The predicted octanol–water partition coefficient (Wildman–Crippen LogP) is 4.69. The van der Waals surface area contributed by atoms with E-state index in [9.17, 15) is 14.4 Å². The third-order valence-electron chi connectivity index (χ3n) is 4.49. The third kappa shape index (κ3) is 2.56. The van der Waals surface area contributed by atoms with Crippen LogP contribution in [0.5, 0.6) is 0 Å². The number of anilines is 1. The molecule has 6 nitrogen and oxygen atoms in total. The zero-order chi connectivity index (χ0) is 20.3. The van der Waals surface area contributed by atoms with Crippen molar-refractivity contribution in [1.82, 2.24) is 4.90 Å². The largest absolute Gasteiger partial charge is 0.276 e. The van der Waals surface area contributed by atoms with Gasteiger partial charge in [0, 0.05) is 0 Å². The van der Waals surface area contributed by atoms with Crippen LogP contribution in [0.15, 0.2) is 35.4 Å². The quantitative estimate of drug-likeness (QED) is 0.374. The number of nitrogens with zero attached hydrogens (tertiary/aromatic N) is 3. The van der Waals surface area contributed by atoms with Crippen molar-refractivity contribution >= 4 is 75.5 Å². The summed E-state index contributed by atoms with van der Waals surface area (Å²) in [6.45, 7) is 1.55. The average molecular weight is 457 g/mol. The molecule has 10 heteroatoms. The van der Waals surface area contributed by atoms with Crippen LogP contribution < -0.4 is 5.01 Å². The summed E-state index contributed by atoms with van der Waals surface area (Å²) in [5, 5.41) is 4.71. The van der Waals surface area contributed by atoms with E-state index in [-0.39, 0.29) is 36.9 Å². The molecule has 3 amide bonds. The summed E-state index contributed by atoms with van der Waals surface area (Å²) in [5.41, 5.74) is 0.426. The van der Waals surface area contributed by atoms with E-state index >= 15 is 0 Å². The summed E-state index contributed by atoms with van der Waals surface area (Å²) in [6, 6.07) is 7.43. The second kappa shape index (κ2) is 6.74. The lowest BCUT2D eigenvalue weighted by atomic mass is 10.1. The van der Waals surface area contributed by atoms with Crippen molar-refractivity contribution in [3.63, 3.8) is 0 Å². The molecule has 2 aromatic carbocycles. The van der Waals surface area contributed by atoms with Crippen molar-refractivity contribution in [1.29, 1.82) is 0 Å². The molecule has 0 aromatic heterocycles. The number of hydrogen-bond donors (Lipinski definition) is 0. The molecule has 0 radical (unpaired) electrons. The molecule has 4 rings (SSSR count). The Hall–Kier alpha value is -2.12. The molecule has 0 saturated carbocycles. The van der Waals surface area contributed by atoms with Crippen molar-refractivity contribution in [2.45, 2.75) is 13.0 Å². The highest BCUT2D eigenvalue weighted by Crippen LogP contribution is 2.45. The number of carbonyl (C=O) groups is 3. The highest BCUT2D eigenvalue weighted by Gasteiger charge is 2.50. The first-order valence-corrected chi connectivity index (χ1v) is 9.44. The number of fused-ring (bicyclic) bond motifs is 1. The molecule has 0 spiro atoms. The summed E-state index contributed by atoms with van der Waals surface area (Å²) in [5.74, 6) is -2.12. The minimum Gasteiger partial charge on any atom is -0.270 e. The van der Waals surface area contributed by atoms with Gasteiger partial charge in [0.05, 0.1) is 42.6 Å². The summed E-state index contributed by atoms with van der Waals surface area (Å²) < 4.78 is 0. The van der Waals surface area contributed by atoms with Gasteiger partial charge in [-0.3, -0.25) is 19.3 Å². The molecule has 0 fully saturated rings. The van der Waals surface area contributed by atoms with E-state index in [0.717, 1.165) is 9.91 Å². The van der Waals surface area contributed by atoms with Gasteiger partial charge in [-0.1, -0.05) is 64.6 Å². The van der Waals surface area contributed by atoms with Gasteiger partial charge in [-0.2, -0.15) is 10.1 Å². The van der Waals surface area contributed by atoms with E-state index in [1.54, 1.807) is 37.3 Å². The Morgan fingerprint density at radius 1 is 0.821 bits per heavy atom. The SMILES string of the molecule is CC1=NN(c2ccccc2)C(=O)C1N1C(=O)c2c(Cl)c(Cl)c(Cl)c(Cl)c2C1=O. The molecule has 0 aliphatic carbocycles. The van der Waals surface area contributed by atoms with Crippen LogP contribution in [0.1, 0.15) is 27.6 Å². The van der Waals surface area contributed by atoms with Crippen LogP contribution in [0.4, 0.5) is 5.69 Å². The molecule has 0 N–H and O–H groups in total. The number of halogens is 4. The highest BCUT2D eigenvalue weighted by molar-refractivity contribution is 6.55. The van der Waals surface area contributed by atoms with Gasteiger partial charge in [-0.15, -0.1) is 0 Å². The Balaban J connectivity index is 1.79. The molecule has 2 aromatic rings. The Morgan fingerprint density at radius 3 is 1.82 bits per heavy atom. The van der Waals surface area contributed by atoms with Gasteiger partial charge in [-0.05, 0) is 19.1 Å². The van der Waals surface area contributed by atoms with E-state index < -0.39 is 23.8 Å². The van der Waals surface area contributed by atoms with Gasteiger partial charge >= 0.3 is 0 Å². The summed E-state index contributed by atoms with van der Waals surface area (Å²) >= 11 is 24.3. The maximum atomic E-state index is 13.0. The fraction of sp³-hybridized carbons (Fsp3) is 0.111. The molecule has 1 atom stereocenters. The van der Waals surface area contributed by atoms with Crippen LogP contribution in [-0.4, -0.2) is 34.4 Å². The van der Waals surface area contributed by atoms with Crippen LogP contribution >= 0.6 is 46.4 Å². The second-order valence-corrected chi connectivity index (χ2v) is 7.63. The molecule has 1 unspecified atom stereocenters. The zero-order valence-electron chi connectivity index (χ0n) is 14.0. The molecule has 2 heterocycles. The third-order valence-corrected chi connectivity index (χ3v) is 6.29. The highest BCUT2D eigenvalue weighted by atomic mass is 35.5. The first-order valence-electron chi connectivity index (χ1n) is 7.93. The van der Waals surface area contributed by atoms with E-state index in [1.807, 2.05) is 0 Å². The topological polar surface area (TPSA) is 70.1 Å². The first-order chi connectivity index (χ1) is 13.3. The normalized spacial score (nSPS) is 18.8. The lowest BCUT2D eigenvalue weighted by Gasteiger charge is -2.21. The van der Waals surface area contributed by atoms with Gasteiger partial charge in [0.25, 0.3) is 17.7 Å². The number of benzene rings is 2. The predicted molar refractivity (Wildman–Crippen MR) is 108 cm³/mol. The molecule has 2 aliphatic heterocycles. The van der Waals surface area contributed by atoms with Gasteiger partial charge in [0.1, 0.15) is 0 Å². The molecular weight excluding hydrogens is 448 g/mol. The molecule has 2 aliphatic rings. The molecule has 0 bridgehead atoms. The number of carbonyl (C=O) groups excluding carboxylic acids is 3. The number of hydrogen-bond acceptors (Lipinski definition) is 4. The fourth-order valence-electron chi connectivity index (χ4n) is 3.21. The number of rotatable bonds is 2. The maximum Gasteiger partial charge on any atom is 0.276 e. The lowest BCUT2D eigenvalue weighted by Crippen LogP contribution is -2.49. The minimum absolute atomic E-state index is 0.135. The number of imide groups is 1. The van der Waals surface area contributed by atoms with Crippen LogP contribution in [0, 0.1) is 0 Å².